The second-order valence-corrected chi connectivity index (χ2v) is 5.38. The zero-order valence-electron chi connectivity index (χ0n) is 10.7. The molecule has 0 saturated heterocycles. The fourth-order valence-corrected chi connectivity index (χ4v) is 2.79. The summed E-state index contributed by atoms with van der Waals surface area (Å²) in [5.41, 5.74) is 4.10. The van der Waals surface area contributed by atoms with Crippen molar-refractivity contribution in [3.05, 3.63) is 57.8 Å². The second kappa shape index (κ2) is 5.81. The van der Waals surface area contributed by atoms with E-state index in [1.54, 1.807) is 0 Å². The Morgan fingerprint density at radius 3 is 2.65 bits per heavy atom. The first-order valence-corrected chi connectivity index (χ1v) is 7.19. The number of hydrogen-bond donors (Lipinski definition) is 1. The van der Waals surface area contributed by atoms with E-state index in [0.29, 0.717) is 16.3 Å². The number of benzene rings is 1. The molecule has 1 aromatic heterocycles. The van der Waals surface area contributed by atoms with Gasteiger partial charge in [0, 0.05) is 12.6 Å². The highest BCUT2D eigenvalue weighted by atomic mass is 35.5. The molecule has 1 aromatic carbocycles. The lowest BCUT2D eigenvalue weighted by atomic mass is 10.0. The van der Waals surface area contributed by atoms with Crippen molar-refractivity contribution in [3.63, 3.8) is 0 Å². The molecular formula is C15H13Cl2N3. The van der Waals surface area contributed by atoms with Crippen molar-refractivity contribution in [2.24, 2.45) is 0 Å². The van der Waals surface area contributed by atoms with Gasteiger partial charge in [0.1, 0.15) is 10.3 Å². The van der Waals surface area contributed by atoms with Crippen LogP contribution in [0.3, 0.4) is 0 Å². The Labute approximate surface area is 127 Å². The average molecular weight is 306 g/mol. The molecule has 1 heterocycles. The molecule has 20 heavy (non-hydrogen) atoms. The molecule has 0 radical (unpaired) electrons. The summed E-state index contributed by atoms with van der Waals surface area (Å²) in [6, 6.07) is 10.0. The molecular weight excluding hydrogens is 293 g/mol. The van der Waals surface area contributed by atoms with E-state index < -0.39 is 0 Å². The van der Waals surface area contributed by atoms with Crippen LogP contribution in [0.1, 0.15) is 17.5 Å². The van der Waals surface area contributed by atoms with Crippen molar-refractivity contribution < 1.29 is 0 Å². The van der Waals surface area contributed by atoms with Crippen LogP contribution < -0.4 is 5.32 Å². The van der Waals surface area contributed by atoms with Gasteiger partial charge in [-0.25, -0.2) is 9.97 Å². The number of rotatable bonds is 4. The van der Waals surface area contributed by atoms with E-state index in [1.165, 1.54) is 22.8 Å². The summed E-state index contributed by atoms with van der Waals surface area (Å²) < 4.78 is 0. The van der Waals surface area contributed by atoms with Crippen LogP contribution in [-0.2, 0) is 6.42 Å². The second-order valence-electron chi connectivity index (χ2n) is 4.60. The maximum Gasteiger partial charge on any atom is 0.225 e. The van der Waals surface area contributed by atoms with E-state index in [9.17, 15) is 0 Å². The van der Waals surface area contributed by atoms with Gasteiger partial charge < -0.3 is 5.32 Å². The maximum absolute atomic E-state index is 5.84. The van der Waals surface area contributed by atoms with Crippen LogP contribution in [0.15, 0.2) is 36.4 Å². The van der Waals surface area contributed by atoms with Gasteiger partial charge >= 0.3 is 0 Å². The summed E-state index contributed by atoms with van der Waals surface area (Å²) in [5.74, 6) is 0.467. The number of fused-ring (bicyclic) bond motifs is 1. The number of nitrogens with one attached hydrogen (secondary N) is 1. The summed E-state index contributed by atoms with van der Waals surface area (Å²) in [5, 5.41) is 3.84. The third-order valence-corrected chi connectivity index (χ3v) is 3.66. The van der Waals surface area contributed by atoms with Gasteiger partial charge in [-0.15, -0.1) is 0 Å². The highest BCUT2D eigenvalue weighted by molar-refractivity contribution is 6.33. The van der Waals surface area contributed by atoms with E-state index in [1.807, 2.05) is 0 Å². The molecule has 3 nitrogen and oxygen atoms in total. The molecule has 3 rings (SSSR count). The highest BCUT2D eigenvalue weighted by Gasteiger charge is 2.12. The molecule has 2 aromatic rings. The largest absolute Gasteiger partial charge is 0.354 e. The smallest absolute Gasteiger partial charge is 0.225 e. The Bertz CT molecular complexity index is 648. The molecule has 1 aliphatic rings. The predicted octanol–water partition coefficient (Wildman–Crippen LogP) is 4.23. The van der Waals surface area contributed by atoms with Gasteiger partial charge in [-0.1, -0.05) is 53.5 Å². The molecule has 0 fully saturated rings. The van der Waals surface area contributed by atoms with Gasteiger partial charge in [0.2, 0.25) is 5.95 Å². The topological polar surface area (TPSA) is 37.8 Å². The normalized spacial score (nSPS) is 13.0. The SMILES string of the molecule is Clc1cc(Cl)nc(NCCC2=CCc3ccccc32)n1. The summed E-state index contributed by atoms with van der Waals surface area (Å²) >= 11 is 11.7. The molecule has 0 aliphatic heterocycles. The molecule has 0 atom stereocenters. The Morgan fingerprint density at radius 2 is 1.85 bits per heavy atom. The zero-order valence-corrected chi connectivity index (χ0v) is 12.2. The van der Waals surface area contributed by atoms with Crippen LogP contribution in [-0.4, -0.2) is 16.5 Å². The van der Waals surface area contributed by atoms with Crippen LogP contribution in [0.5, 0.6) is 0 Å². The molecule has 1 N–H and O–H groups in total. The number of halogens is 2. The molecule has 0 bridgehead atoms. The van der Waals surface area contributed by atoms with E-state index in [2.05, 4.69) is 45.6 Å². The van der Waals surface area contributed by atoms with Crippen molar-refractivity contribution in [1.29, 1.82) is 0 Å². The van der Waals surface area contributed by atoms with Crippen molar-refractivity contribution in [2.45, 2.75) is 12.8 Å². The Balaban J connectivity index is 1.61. The fraction of sp³-hybridized carbons (Fsp3) is 0.200. The summed E-state index contributed by atoms with van der Waals surface area (Å²) in [6.45, 7) is 0.747. The molecule has 0 spiro atoms. The summed E-state index contributed by atoms with van der Waals surface area (Å²) in [7, 11) is 0. The van der Waals surface area contributed by atoms with Gasteiger partial charge in [0.15, 0.2) is 0 Å². The quantitative estimate of drug-likeness (QED) is 0.859. The van der Waals surface area contributed by atoms with E-state index in [0.717, 1.165) is 19.4 Å². The summed E-state index contributed by atoms with van der Waals surface area (Å²) in [6.07, 6.45) is 4.22. The monoisotopic (exact) mass is 305 g/mol. The minimum Gasteiger partial charge on any atom is -0.354 e. The van der Waals surface area contributed by atoms with E-state index in [4.69, 9.17) is 23.2 Å². The van der Waals surface area contributed by atoms with Gasteiger partial charge in [0.05, 0.1) is 0 Å². The van der Waals surface area contributed by atoms with Crippen molar-refractivity contribution in [1.82, 2.24) is 9.97 Å². The van der Waals surface area contributed by atoms with Crippen LogP contribution in [0.2, 0.25) is 10.3 Å². The minimum absolute atomic E-state index is 0.345. The number of allylic oxidation sites excluding steroid dienone is 1. The lowest BCUT2D eigenvalue weighted by molar-refractivity contribution is 1.03. The molecule has 5 heteroatoms. The first-order valence-electron chi connectivity index (χ1n) is 6.43. The van der Waals surface area contributed by atoms with Gasteiger partial charge in [-0.2, -0.15) is 0 Å². The van der Waals surface area contributed by atoms with E-state index >= 15 is 0 Å². The van der Waals surface area contributed by atoms with Crippen molar-refractivity contribution in [3.8, 4) is 0 Å². The fourth-order valence-electron chi connectivity index (χ4n) is 2.37. The van der Waals surface area contributed by atoms with Crippen LogP contribution in [0, 0.1) is 0 Å². The van der Waals surface area contributed by atoms with Crippen LogP contribution in [0.4, 0.5) is 5.95 Å². The predicted molar refractivity (Wildman–Crippen MR) is 83.3 cm³/mol. The molecule has 0 amide bonds. The molecule has 0 unspecified atom stereocenters. The average Bonchev–Trinajstić information content (AvgIpc) is 2.81. The van der Waals surface area contributed by atoms with Gasteiger partial charge in [-0.05, 0) is 29.5 Å². The molecule has 0 saturated carbocycles. The molecule has 102 valence electrons. The lowest BCUT2D eigenvalue weighted by Crippen LogP contribution is -2.06. The maximum atomic E-state index is 5.84. The first-order chi connectivity index (χ1) is 9.72. The third kappa shape index (κ3) is 2.94. The Kier molecular flexibility index (Phi) is 3.90. The number of hydrogen-bond acceptors (Lipinski definition) is 3. The van der Waals surface area contributed by atoms with Gasteiger partial charge in [-0.3, -0.25) is 0 Å². The number of anilines is 1. The first kappa shape index (κ1) is 13.4. The van der Waals surface area contributed by atoms with Crippen molar-refractivity contribution >= 4 is 34.7 Å². The Morgan fingerprint density at radius 1 is 1.10 bits per heavy atom. The summed E-state index contributed by atoms with van der Waals surface area (Å²) in [4.78, 5) is 8.16. The number of aromatic nitrogens is 2. The van der Waals surface area contributed by atoms with Gasteiger partial charge in [0.25, 0.3) is 0 Å². The molecule has 1 aliphatic carbocycles. The lowest BCUT2D eigenvalue weighted by Gasteiger charge is -2.07. The standard InChI is InChI=1S/C15H13Cl2N3/c16-13-9-14(17)20-15(19-13)18-8-7-11-6-5-10-3-1-2-4-12(10)11/h1-4,6,9H,5,7-8H2,(H,18,19,20). The van der Waals surface area contributed by atoms with Crippen LogP contribution in [0.25, 0.3) is 5.57 Å². The minimum atomic E-state index is 0.345. The third-order valence-electron chi connectivity index (χ3n) is 3.27. The Hall–Kier alpha value is -1.58. The number of nitrogens with zero attached hydrogens (tertiary/aromatic N) is 2. The van der Waals surface area contributed by atoms with Crippen molar-refractivity contribution in [2.75, 3.05) is 11.9 Å². The zero-order chi connectivity index (χ0) is 13.9. The van der Waals surface area contributed by atoms with E-state index in [-0.39, 0.29) is 0 Å². The van der Waals surface area contributed by atoms with Crippen LogP contribution >= 0.6 is 23.2 Å². The highest BCUT2D eigenvalue weighted by Crippen LogP contribution is 2.29.